The summed E-state index contributed by atoms with van der Waals surface area (Å²) in [6.45, 7) is 20.4. The number of hydrogen-bond donors (Lipinski definition) is 0. The first-order chi connectivity index (χ1) is 70.2. The fraction of sp³-hybridized carbons (Fsp3) is 0.0851. The molecule has 0 amide bonds. The minimum absolute atomic E-state index is 0. The van der Waals surface area contributed by atoms with Crippen molar-refractivity contribution in [1.29, 1.82) is 0 Å². The third-order valence-electron chi connectivity index (χ3n) is 28.0. The molecule has 3 aromatic heterocycles. The molecule has 0 saturated carbocycles. The molecule has 0 atom stereocenters. The van der Waals surface area contributed by atoms with E-state index in [0.717, 1.165) is 234 Å². The maximum absolute atomic E-state index is 5.15. The standard InChI is InChI=1S/C141H108N3.Ir/c1-139(2,3)121-67-70-142-136(91-121)106-61-64-130(133(88-106)103-52-34-49-100(73-103)115-79-109(94-37-16-10-17-38-94)76-110(80-115)95-39-18-11-19-40-95)127-58-31-28-55-124(127)118-85-119(125-56-29-32-59-128(125)131-65-62-107(137-92-122(68-71-143-137)140(4,5)6)89-134(131)104-53-35-50-101(74-104)116-81-111(96-41-20-12-21-42-96)77-112(82-116)97-43-22-13-23-44-97)87-120(86-118)126-57-30-33-60-129(126)132-66-63-108(138-93-123(69-72-144-138)141(7,8)9)90-135(132)105-54-36-51-102(75-105)117-83-113(98-45-24-14-25-46-98)78-114(84-117)99-47-26-15-27-48-99;/h10-60,64-93H,1-9H3;/q-3;+3. The Morgan fingerprint density at radius 2 is 0.324 bits per heavy atom. The van der Waals surface area contributed by atoms with Crippen LogP contribution in [0.5, 0.6) is 0 Å². The smallest absolute Gasteiger partial charge is 0.305 e. The van der Waals surface area contributed by atoms with Crippen LogP contribution in [0.2, 0.25) is 0 Å². The molecule has 22 rings (SSSR count). The monoisotopic (exact) mass is 2040 g/mol. The number of pyridine rings is 3. The summed E-state index contributed by atoms with van der Waals surface area (Å²) in [6.07, 6.45) is 5.86. The fourth-order valence-electron chi connectivity index (χ4n) is 20.2. The van der Waals surface area contributed by atoms with Crippen LogP contribution in [-0.2, 0) is 36.4 Å². The molecule has 22 aromatic rings. The van der Waals surface area contributed by atoms with Crippen molar-refractivity contribution in [1.82, 2.24) is 15.0 Å². The van der Waals surface area contributed by atoms with Crippen molar-refractivity contribution in [3.05, 3.63) is 527 Å². The topological polar surface area (TPSA) is 38.7 Å². The molecule has 0 radical (unpaired) electrons. The van der Waals surface area contributed by atoms with Crippen LogP contribution in [0.4, 0.5) is 0 Å². The van der Waals surface area contributed by atoms with Crippen LogP contribution in [0.3, 0.4) is 0 Å². The van der Waals surface area contributed by atoms with Crippen molar-refractivity contribution in [3.63, 3.8) is 0 Å². The van der Waals surface area contributed by atoms with E-state index in [9.17, 15) is 0 Å². The van der Waals surface area contributed by atoms with E-state index in [-0.39, 0.29) is 36.4 Å². The van der Waals surface area contributed by atoms with Gasteiger partial charge < -0.3 is 15.0 Å². The first kappa shape index (κ1) is 94.5. The molecule has 0 aliphatic carbocycles. The predicted octanol–water partition coefficient (Wildman–Crippen LogP) is 38.2. The van der Waals surface area contributed by atoms with Crippen molar-refractivity contribution in [2.24, 2.45) is 0 Å². The number of rotatable bonds is 21. The first-order valence-corrected chi connectivity index (χ1v) is 49.8. The van der Waals surface area contributed by atoms with Gasteiger partial charge >= 0.3 is 20.1 Å². The summed E-state index contributed by atoms with van der Waals surface area (Å²) < 4.78 is 0. The van der Waals surface area contributed by atoms with Crippen LogP contribution in [0, 0.1) is 18.2 Å². The molecule has 19 aromatic carbocycles. The molecular weight excluding hydrogens is 1930 g/mol. The number of nitrogens with zero attached hydrogens (tertiary/aromatic N) is 3. The van der Waals surface area contributed by atoms with Crippen molar-refractivity contribution >= 4 is 0 Å². The number of aromatic nitrogens is 3. The van der Waals surface area contributed by atoms with E-state index in [1.807, 2.05) is 18.6 Å². The van der Waals surface area contributed by atoms with Gasteiger partial charge in [0.2, 0.25) is 0 Å². The Bertz CT molecular complexity index is 7540. The fourth-order valence-corrected chi connectivity index (χ4v) is 20.2. The van der Waals surface area contributed by atoms with Gasteiger partial charge in [-0.05, 0) is 309 Å². The summed E-state index contributed by atoms with van der Waals surface area (Å²) in [5, 5.41) is 0. The second-order valence-corrected chi connectivity index (χ2v) is 40.8. The van der Waals surface area contributed by atoms with Crippen molar-refractivity contribution in [2.75, 3.05) is 0 Å². The summed E-state index contributed by atoms with van der Waals surface area (Å²) in [7, 11) is 0. The molecule has 0 bridgehead atoms. The zero-order valence-corrected chi connectivity index (χ0v) is 85.3. The minimum Gasteiger partial charge on any atom is -0.305 e. The molecule has 145 heavy (non-hydrogen) atoms. The summed E-state index contributed by atoms with van der Waals surface area (Å²) in [6, 6.07) is 186. The normalized spacial score (nSPS) is 11.6. The maximum atomic E-state index is 5.15. The van der Waals surface area contributed by atoms with Crippen LogP contribution in [0.15, 0.2) is 492 Å². The van der Waals surface area contributed by atoms with Gasteiger partial charge in [0, 0.05) is 18.6 Å². The molecule has 4 heteroatoms. The van der Waals surface area contributed by atoms with E-state index in [1.165, 1.54) is 16.7 Å². The maximum Gasteiger partial charge on any atom is 3.00 e. The molecule has 0 spiro atoms. The van der Waals surface area contributed by atoms with Gasteiger partial charge in [0.1, 0.15) is 0 Å². The predicted molar refractivity (Wildman–Crippen MR) is 607 cm³/mol. The van der Waals surface area contributed by atoms with Crippen LogP contribution in [0.25, 0.3) is 234 Å². The Morgan fingerprint density at radius 3 is 0.545 bits per heavy atom. The third kappa shape index (κ3) is 20.4. The second-order valence-electron chi connectivity index (χ2n) is 40.8. The average Bonchev–Trinajstić information content (AvgIpc) is 0.744. The van der Waals surface area contributed by atoms with Gasteiger partial charge in [0.15, 0.2) is 0 Å². The molecule has 0 aliphatic rings. The van der Waals surface area contributed by atoms with Crippen molar-refractivity contribution in [2.45, 2.75) is 78.6 Å². The first-order valence-electron chi connectivity index (χ1n) is 49.8. The number of benzene rings is 19. The van der Waals surface area contributed by atoms with Crippen LogP contribution < -0.4 is 0 Å². The van der Waals surface area contributed by atoms with Gasteiger partial charge in [-0.3, -0.25) is 0 Å². The van der Waals surface area contributed by atoms with Gasteiger partial charge in [0.05, 0.1) is 0 Å². The van der Waals surface area contributed by atoms with Crippen molar-refractivity contribution in [3.8, 4) is 234 Å². The minimum atomic E-state index is -0.132. The van der Waals surface area contributed by atoms with Crippen LogP contribution in [-0.4, -0.2) is 15.0 Å². The van der Waals surface area contributed by atoms with E-state index in [2.05, 4.69) is 554 Å². The second kappa shape index (κ2) is 40.7. The molecule has 0 aliphatic heterocycles. The molecular formula is C141H108IrN3. The van der Waals surface area contributed by atoms with E-state index in [4.69, 9.17) is 15.0 Å². The molecule has 0 saturated heterocycles. The zero-order valence-electron chi connectivity index (χ0n) is 82.9. The Morgan fingerprint density at radius 1 is 0.145 bits per heavy atom. The molecule has 3 nitrogen and oxygen atoms in total. The largest absolute Gasteiger partial charge is 3.00 e. The molecule has 3 heterocycles. The van der Waals surface area contributed by atoms with Crippen LogP contribution in [0.1, 0.15) is 79.0 Å². The average molecular weight is 2040 g/mol. The Balaban J connectivity index is 0.0000124. The zero-order chi connectivity index (χ0) is 98.0. The van der Waals surface area contributed by atoms with Gasteiger partial charge in [-0.25, -0.2) is 0 Å². The number of hydrogen-bond acceptors (Lipinski definition) is 3. The van der Waals surface area contributed by atoms with Crippen LogP contribution >= 0.6 is 0 Å². The van der Waals surface area contributed by atoms with E-state index in [1.54, 1.807) is 0 Å². The van der Waals surface area contributed by atoms with Gasteiger partial charge in [-0.15, -0.1) is 71.3 Å². The molecule has 696 valence electrons. The van der Waals surface area contributed by atoms with Gasteiger partial charge in [0.25, 0.3) is 0 Å². The third-order valence-corrected chi connectivity index (χ3v) is 28.0. The van der Waals surface area contributed by atoms with Gasteiger partial charge in [-0.1, -0.05) is 440 Å². The molecule has 0 N–H and O–H groups in total. The molecule has 0 fully saturated rings. The Hall–Kier alpha value is -16.7. The molecule has 0 unspecified atom stereocenters. The van der Waals surface area contributed by atoms with Crippen molar-refractivity contribution < 1.29 is 20.1 Å². The van der Waals surface area contributed by atoms with E-state index < -0.39 is 0 Å². The summed E-state index contributed by atoms with van der Waals surface area (Å²) in [5.41, 5.74) is 47.7. The Labute approximate surface area is 867 Å². The van der Waals surface area contributed by atoms with E-state index in [0.29, 0.717) is 0 Å². The SMILES string of the molecule is CC(C)(C)c1ccnc(-c2[c-]cc(-c3ccccc3-c3cc(-c4ccccc4-c4c[c-]c(-c5cc(C(C)(C)C)ccn5)cc4-c4cccc(-c5cc(-c6ccccc6)cc(-c6ccccc6)c5)c4)cc(-c4ccccc4-c4c[c-]c(-c5cc(C(C)(C)C)ccn5)cc4-c4cccc(-c5cc(-c6ccccc6)cc(-c6ccccc6)c5)c4)c3)c(-c3cccc(-c4cc(-c5ccccc5)cc(-c5ccccc5)c4)c3)c2)c1.[Ir+3]. The summed E-state index contributed by atoms with van der Waals surface area (Å²) in [5.74, 6) is 0. The van der Waals surface area contributed by atoms with Gasteiger partial charge in [-0.2, -0.15) is 0 Å². The van der Waals surface area contributed by atoms with E-state index >= 15 is 0 Å². The quantitative estimate of drug-likeness (QED) is 0.0673. The Kier molecular flexibility index (Phi) is 26.5. The summed E-state index contributed by atoms with van der Waals surface area (Å²) in [4.78, 5) is 15.4. The summed E-state index contributed by atoms with van der Waals surface area (Å²) >= 11 is 0.